The van der Waals surface area contributed by atoms with E-state index in [9.17, 15) is 14.4 Å². The average Bonchev–Trinajstić information content (AvgIpc) is 2.82. The third-order valence-electron chi connectivity index (χ3n) is 3.42. The molecule has 0 aromatic heterocycles. The molecule has 2 fully saturated rings. The van der Waals surface area contributed by atoms with Crippen LogP contribution in [0.3, 0.4) is 0 Å². The highest BCUT2D eigenvalue weighted by atomic mass is 16.6. The second kappa shape index (κ2) is 7.12. The average molecular weight is 284 g/mol. The number of hydrogen-bond donors (Lipinski definition) is 1. The Bertz CT molecular complexity index is 385. The lowest BCUT2D eigenvalue weighted by atomic mass is 10.1. The van der Waals surface area contributed by atoms with Gasteiger partial charge in [0.05, 0.1) is 0 Å². The van der Waals surface area contributed by atoms with Crippen molar-refractivity contribution < 1.29 is 23.9 Å². The quantitative estimate of drug-likeness (QED) is 0.757. The van der Waals surface area contributed by atoms with Crippen LogP contribution in [0.5, 0.6) is 0 Å². The van der Waals surface area contributed by atoms with E-state index in [0.717, 1.165) is 25.7 Å². The van der Waals surface area contributed by atoms with Crippen LogP contribution in [0.1, 0.15) is 32.1 Å². The predicted octanol–water partition coefficient (Wildman–Crippen LogP) is 0.431. The van der Waals surface area contributed by atoms with Gasteiger partial charge in [-0.2, -0.15) is 0 Å². The van der Waals surface area contributed by atoms with Gasteiger partial charge in [-0.15, -0.1) is 0 Å². The van der Waals surface area contributed by atoms with E-state index < -0.39 is 12.1 Å². The lowest BCUT2D eigenvalue weighted by molar-refractivity contribution is -0.150. The van der Waals surface area contributed by atoms with Crippen molar-refractivity contribution in [1.29, 1.82) is 0 Å². The van der Waals surface area contributed by atoms with E-state index in [1.807, 2.05) is 0 Å². The number of hydrogen-bond acceptors (Lipinski definition) is 5. The van der Waals surface area contributed by atoms with Gasteiger partial charge >= 0.3 is 12.1 Å². The number of cyclic esters (lactones) is 1. The molecule has 0 aromatic carbocycles. The molecule has 112 valence electrons. The van der Waals surface area contributed by atoms with Crippen LogP contribution in [0.15, 0.2) is 0 Å². The fourth-order valence-electron chi connectivity index (χ4n) is 2.29. The number of amides is 2. The summed E-state index contributed by atoms with van der Waals surface area (Å²) in [7, 11) is 0. The van der Waals surface area contributed by atoms with E-state index in [4.69, 9.17) is 4.74 Å². The van der Waals surface area contributed by atoms with E-state index in [-0.39, 0.29) is 31.7 Å². The Morgan fingerprint density at radius 1 is 1.30 bits per heavy atom. The van der Waals surface area contributed by atoms with Crippen LogP contribution < -0.4 is 5.32 Å². The maximum absolute atomic E-state index is 11.8. The van der Waals surface area contributed by atoms with Crippen molar-refractivity contribution in [2.75, 3.05) is 26.3 Å². The topological polar surface area (TPSA) is 84.9 Å². The summed E-state index contributed by atoms with van der Waals surface area (Å²) >= 11 is 0. The number of ether oxygens (including phenoxy) is 2. The minimum absolute atomic E-state index is 0.0131. The van der Waals surface area contributed by atoms with Gasteiger partial charge in [-0.3, -0.25) is 9.59 Å². The van der Waals surface area contributed by atoms with E-state index in [1.54, 1.807) is 4.90 Å². The molecule has 0 radical (unpaired) electrons. The number of nitrogens with one attached hydrogen (secondary N) is 1. The first-order chi connectivity index (χ1) is 9.65. The first kappa shape index (κ1) is 14.6. The number of carbonyl (C=O) groups is 3. The highest BCUT2D eigenvalue weighted by Gasteiger charge is 2.24. The van der Waals surface area contributed by atoms with Gasteiger partial charge in [0, 0.05) is 13.0 Å². The normalized spacial score (nSPS) is 23.6. The van der Waals surface area contributed by atoms with Gasteiger partial charge in [0.25, 0.3) is 0 Å². The van der Waals surface area contributed by atoms with Crippen molar-refractivity contribution >= 4 is 18.0 Å². The van der Waals surface area contributed by atoms with Crippen molar-refractivity contribution in [2.45, 2.75) is 38.1 Å². The zero-order valence-corrected chi connectivity index (χ0v) is 11.4. The van der Waals surface area contributed by atoms with Crippen LogP contribution in [0.2, 0.25) is 0 Å². The summed E-state index contributed by atoms with van der Waals surface area (Å²) in [6, 6.07) is -0.297. The first-order valence-electron chi connectivity index (χ1n) is 7.02. The summed E-state index contributed by atoms with van der Waals surface area (Å²) in [5.41, 5.74) is 0. The number of alkyl carbamates (subject to hydrolysis) is 1. The highest BCUT2D eigenvalue weighted by molar-refractivity contribution is 5.82. The van der Waals surface area contributed by atoms with Gasteiger partial charge in [-0.05, 0) is 12.8 Å². The molecule has 2 saturated heterocycles. The Balaban J connectivity index is 1.72. The van der Waals surface area contributed by atoms with Crippen LogP contribution >= 0.6 is 0 Å². The van der Waals surface area contributed by atoms with E-state index in [2.05, 4.69) is 10.1 Å². The molecule has 2 aliphatic heterocycles. The molecule has 0 spiro atoms. The molecule has 7 nitrogen and oxygen atoms in total. The molecule has 0 aliphatic carbocycles. The third kappa shape index (κ3) is 4.40. The number of rotatable bonds is 4. The Morgan fingerprint density at radius 2 is 2.10 bits per heavy atom. The second-order valence-corrected chi connectivity index (χ2v) is 5.10. The van der Waals surface area contributed by atoms with Crippen LogP contribution in [0.25, 0.3) is 0 Å². The molecule has 0 aromatic rings. The van der Waals surface area contributed by atoms with Crippen LogP contribution in [0.4, 0.5) is 4.79 Å². The smallest absolute Gasteiger partial charge is 0.407 e. The fourth-order valence-corrected chi connectivity index (χ4v) is 2.29. The second-order valence-electron chi connectivity index (χ2n) is 5.10. The molecule has 2 heterocycles. The maximum atomic E-state index is 11.8. The zero-order chi connectivity index (χ0) is 14.4. The SMILES string of the molecule is O=C(CN1CCCCCCC1=O)OCC1COC(=O)N1. The summed E-state index contributed by atoms with van der Waals surface area (Å²) in [5.74, 6) is -0.431. The van der Waals surface area contributed by atoms with Crippen molar-refractivity contribution in [3.8, 4) is 0 Å². The monoisotopic (exact) mass is 284 g/mol. The molecule has 1 unspecified atom stereocenters. The minimum atomic E-state index is -0.495. The molecular weight excluding hydrogens is 264 g/mol. The van der Waals surface area contributed by atoms with Crippen molar-refractivity contribution in [3.05, 3.63) is 0 Å². The highest BCUT2D eigenvalue weighted by Crippen LogP contribution is 2.11. The molecule has 20 heavy (non-hydrogen) atoms. The largest absolute Gasteiger partial charge is 0.462 e. The first-order valence-corrected chi connectivity index (χ1v) is 7.02. The van der Waals surface area contributed by atoms with Gasteiger partial charge in [-0.25, -0.2) is 4.79 Å². The summed E-state index contributed by atoms with van der Waals surface area (Å²) in [5, 5.41) is 2.52. The third-order valence-corrected chi connectivity index (χ3v) is 3.42. The molecule has 2 aliphatic rings. The molecule has 1 N–H and O–H groups in total. The lowest BCUT2D eigenvalue weighted by Gasteiger charge is -2.24. The summed E-state index contributed by atoms with van der Waals surface area (Å²) in [6.45, 7) is 0.874. The molecule has 7 heteroatoms. The summed E-state index contributed by atoms with van der Waals surface area (Å²) in [4.78, 5) is 35.9. The van der Waals surface area contributed by atoms with Gasteiger partial charge in [0.15, 0.2) is 0 Å². The van der Waals surface area contributed by atoms with Crippen LogP contribution in [0, 0.1) is 0 Å². The number of likely N-dealkylation sites (tertiary alicyclic amines) is 1. The zero-order valence-electron chi connectivity index (χ0n) is 11.4. The number of carbonyl (C=O) groups excluding carboxylic acids is 3. The van der Waals surface area contributed by atoms with Gasteiger partial charge < -0.3 is 19.7 Å². The molecule has 2 amide bonds. The number of nitrogens with zero attached hydrogens (tertiary/aromatic N) is 1. The Hall–Kier alpha value is -1.79. The van der Waals surface area contributed by atoms with Crippen LogP contribution in [-0.4, -0.2) is 55.2 Å². The summed E-state index contributed by atoms with van der Waals surface area (Å²) < 4.78 is 9.76. The van der Waals surface area contributed by atoms with E-state index >= 15 is 0 Å². The number of esters is 1. The predicted molar refractivity (Wildman–Crippen MR) is 68.9 cm³/mol. The van der Waals surface area contributed by atoms with E-state index in [1.165, 1.54) is 0 Å². The van der Waals surface area contributed by atoms with Gasteiger partial charge in [0.1, 0.15) is 25.8 Å². The Kier molecular flexibility index (Phi) is 5.20. The molecule has 2 rings (SSSR count). The van der Waals surface area contributed by atoms with Crippen molar-refractivity contribution in [2.24, 2.45) is 0 Å². The van der Waals surface area contributed by atoms with Crippen LogP contribution in [-0.2, 0) is 19.1 Å². The fraction of sp³-hybridized carbons (Fsp3) is 0.769. The van der Waals surface area contributed by atoms with Crippen molar-refractivity contribution in [3.63, 3.8) is 0 Å². The van der Waals surface area contributed by atoms with Gasteiger partial charge in [0.2, 0.25) is 5.91 Å². The van der Waals surface area contributed by atoms with Gasteiger partial charge in [-0.1, -0.05) is 12.8 Å². The van der Waals surface area contributed by atoms with E-state index in [0.29, 0.717) is 13.0 Å². The minimum Gasteiger partial charge on any atom is -0.462 e. The lowest BCUT2D eigenvalue weighted by Crippen LogP contribution is -2.39. The maximum Gasteiger partial charge on any atom is 0.407 e. The van der Waals surface area contributed by atoms with Crippen molar-refractivity contribution in [1.82, 2.24) is 10.2 Å². The Labute approximate surface area is 117 Å². The molecule has 1 atom stereocenters. The molecule has 0 saturated carbocycles. The summed E-state index contributed by atoms with van der Waals surface area (Å²) in [6.07, 6.45) is 3.97. The molecule has 0 bridgehead atoms. The molecular formula is C13H20N2O5. The standard InChI is InChI=1S/C13H20N2O5/c16-11-5-3-1-2-4-6-15(11)7-12(17)19-8-10-9-20-13(18)14-10/h10H,1-9H2,(H,14,18). The Morgan fingerprint density at radius 3 is 2.85 bits per heavy atom.